The number of amides is 1. The third kappa shape index (κ3) is 5.08. The number of carbonyl (C=O) groups is 1. The maximum Gasteiger partial charge on any atom is 0.251 e. The quantitative estimate of drug-likeness (QED) is 0.247. The van der Waals surface area contributed by atoms with Gasteiger partial charge in [-0.25, -0.2) is 20.8 Å². The Bertz CT molecular complexity index is 1110. The van der Waals surface area contributed by atoms with Gasteiger partial charge in [-0.15, -0.1) is 0 Å². The number of pyridine rings is 1. The minimum atomic E-state index is -0.722. The summed E-state index contributed by atoms with van der Waals surface area (Å²) >= 11 is 0. The minimum absolute atomic E-state index is 0.124. The zero-order valence-electron chi connectivity index (χ0n) is 17.0. The third-order valence-electron chi connectivity index (χ3n) is 4.67. The van der Waals surface area contributed by atoms with Gasteiger partial charge in [0.05, 0.1) is 22.6 Å². The van der Waals surface area contributed by atoms with Crippen molar-refractivity contribution in [2.75, 3.05) is 24.3 Å². The number of aliphatic hydroxyl groups excluding tert-OH is 1. The predicted octanol–water partition coefficient (Wildman–Crippen LogP) is -0.613. The largest absolute Gasteiger partial charge is 0.403 e. The van der Waals surface area contributed by atoms with E-state index in [1.165, 1.54) is 16.1 Å². The highest BCUT2D eigenvalue weighted by molar-refractivity contribution is 6.29. The van der Waals surface area contributed by atoms with Crippen molar-refractivity contribution in [3.05, 3.63) is 48.8 Å². The lowest BCUT2D eigenvalue weighted by atomic mass is 10.1. The summed E-state index contributed by atoms with van der Waals surface area (Å²) in [6, 6.07) is 11.2. The van der Waals surface area contributed by atoms with Crippen LogP contribution in [0.3, 0.4) is 0 Å². The fourth-order valence-corrected chi connectivity index (χ4v) is 3.02. The Hall–Kier alpha value is -3.70. The zero-order chi connectivity index (χ0) is 22.5. The standard InChI is InChI=1S/C15H14BN7.C5H9NO2/c16-15-21-12-5-4-11(20-13(12)14(18)22-15)9-2-1-3-10(8-9)23(19)7-6-17;1-6-3-2-4(7)5(6)8/h1-8H,17,19H2,(H2,18,21,22);4,7H,2-3H2,1H3/b7-6-;. The molecule has 1 amide bonds. The summed E-state index contributed by atoms with van der Waals surface area (Å²) in [7, 11) is 7.28. The van der Waals surface area contributed by atoms with Crippen LogP contribution in [-0.4, -0.2) is 58.4 Å². The Morgan fingerprint density at radius 3 is 2.65 bits per heavy atom. The van der Waals surface area contributed by atoms with E-state index in [9.17, 15) is 4.79 Å². The molecule has 2 radical (unpaired) electrons. The highest BCUT2D eigenvalue weighted by atomic mass is 16.3. The van der Waals surface area contributed by atoms with Crippen LogP contribution in [0.4, 0.5) is 11.5 Å². The number of hydrogen-bond donors (Lipinski definition) is 4. The van der Waals surface area contributed by atoms with Gasteiger partial charge in [-0.05, 0) is 30.7 Å². The number of likely N-dealkylation sites (tertiary alicyclic amines) is 1. The summed E-state index contributed by atoms with van der Waals surface area (Å²) in [6.45, 7) is 0.694. The summed E-state index contributed by atoms with van der Waals surface area (Å²) in [5.41, 5.74) is 14.8. The van der Waals surface area contributed by atoms with E-state index in [1.807, 2.05) is 30.3 Å². The molecule has 3 aromatic rings. The van der Waals surface area contributed by atoms with Crippen LogP contribution < -0.4 is 28.0 Å². The number of hydrogen-bond acceptors (Lipinski definition) is 9. The molecule has 0 aliphatic carbocycles. The molecule has 1 aliphatic rings. The van der Waals surface area contributed by atoms with Crippen LogP contribution in [0.15, 0.2) is 48.8 Å². The van der Waals surface area contributed by atoms with E-state index in [2.05, 4.69) is 15.0 Å². The molecule has 0 spiro atoms. The molecular formula is C20H23BN8O2. The molecule has 4 rings (SSSR count). The number of benzene rings is 1. The lowest BCUT2D eigenvalue weighted by Crippen LogP contribution is -2.24. The minimum Gasteiger partial charge on any atom is -0.403 e. The normalized spacial score (nSPS) is 15.9. The Labute approximate surface area is 180 Å². The fourth-order valence-electron chi connectivity index (χ4n) is 3.02. The number of anilines is 2. The highest BCUT2D eigenvalue weighted by Crippen LogP contribution is 2.25. The molecule has 0 bridgehead atoms. The summed E-state index contributed by atoms with van der Waals surface area (Å²) in [5, 5.41) is 10.2. The molecule has 1 aromatic carbocycles. The van der Waals surface area contributed by atoms with Gasteiger partial charge in [-0.1, -0.05) is 12.1 Å². The maximum atomic E-state index is 10.6. The summed E-state index contributed by atoms with van der Waals surface area (Å²) in [5.74, 6) is 5.98. The van der Waals surface area contributed by atoms with Gasteiger partial charge in [0.15, 0.2) is 13.7 Å². The molecule has 31 heavy (non-hydrogen) atoms. The zero-order valence-corrected chi connectivity index (χ0v) is 17.0. The van der Waals surface area contributed by atoms with Gasteiger partial charge < -0.3 is 21.5 Å². The van der Waals surface area contributed by atoms with Crippen molar-refractivity contribution < 1.29 is 9.90 Å². The van der Waals surface area contributed by atoms with Crippen molar-refractivity contribution in [1.82, 2.24) is 19.9 Å². The van der Waals surface area contributed by atoms with Crippen LogP contribution in [0.1, 0.15) is 6.42 Å². The average Bonchev–Trinajstić information content (AvgIpc) is 3.05. The Balaban J connectivity index is 0.000000287. The molecule has 1 atom stereocenters. The molecule has 158 valence electrons. The van der Waals surface area contributed by atoms with Crippen molar-refractivity contribution in [3.8, 4) is 11.3 Å². The van der Waals surface area contributed by atoms with Gasteiger partial charge in [0.1, 0.15) is 11.6 Å². The number of rotatable bonds is 3. The van der Waals surface area contributed by atoms with Crippen molar-refractivity contribution in [1.29, 1.82) is 0 Å². The van der Waals surface area contributed by atoms with Gasteiger partial charge in [-0.3, -0.25) is 9.80 Å². The van der Waals surface area contributed by atoms with Gasteiger partial charge >= 0.3 is 0 Å². The Kier molecular flexibility index (Phi) is 6.68. The first kappa shape index (κ1) is 22.0. The number of hydrazine groups is 1. The molecule has 11 heteroatoms. The average molecular weight is 418 g/mol. The van der Waals surface area contributed by atoms with Crippen molar-refractivity contribution >= 4 is 42.0 Å². The molecule has 1 fully saturated rings. The second-order valence-electron chi connectivity index (χ2n) is 6.89. The lowest BCUT2D eigenvalue weighted by Gasteiger charge is -2.14. The number of nitrogens with zero attached hydrogens (tertiary/aromatic N) is 5. The first-order valence-corrected chi connectivity index (χ1v) is 9.45. The van der Waals surface area contributed by atoms with E-state index in [0.29, 0.717) is 24.0 Å². The smallest absolute Gasteiger partial charge is 0.251 e. The second kappa shape index (κ2) is 9.41. The first-order chi connectivity index (χ1) is 14.8. The summed E-state index contributed by atoms with van der Waals surface area (Å²) in [6.07, 6.45) is 2.79. The maximum absolute atomic E-state index is 10.6. The van der Waals surface area contributed by atoms with Crippen LogP contribution >= 0.6 is 0 Å². The Morgan fingerprint density at radius 2 is 2.03 bits per heavy atom. The summed E-state index contributed by atoms with van der Waals surface area (Å²) < 4.78 is 0. The monoisotopic (exact) mass is 418 g/mol. The highest BCUT2D eigenvalue weighted by Gasteiger charge is 2.25. The van der Waals surface area contributed by atoms with Crippen molar-refractivity contribution in [2.24, 2.45) is 11.6 Å². The molecule has 1 aliphatic heterocycles. The van der Waals surface area contributed by atoms with Gasteiger partial charge in [-0.2, -0.15) is 0 Å². The van der Waals surface area contributed by atoms with Crippen molar-refractivity contribution in [3.63, 3.8) is 0 Å². The molecule has 3 heterocycles. The van der Waals surface area contributed by atoms with Gasteiger partial charge in [0, 0.05) is 31.6 Å². The van der Waals surface area contributed by atoms with Crippen LogP contribution in [0.2, 0.25) is 0 Å². The molecule has 0 saturated carbocycles. The van der Waals surface area contributed by atoms with Crippen LogP contribution in [-0.2, 0) is 4.79 Å². The van der Waals surface area contributed by atoms with E-state index >= 15 is 0 Å². The Morgan fingerprint density at radius 1 is 1.26 bits per heavy atom. The van der Waals surface area contributed by atoms with E-state index in [-0.39, 0.29) is 17.4 Å². The van der Waals surface area contributed by atoms with Gasteiger partial charge in [0.25, 0.3) is 5.91 Å². The van der Waals surface area contributed by atoms with Crippen LogP contribution in [0.25, 0.3) is 22.3 Å². The number of likely N-dealkylation sites (N-methyl/N-ethyl adjacent to an activating group) is 1. The van der Waals surface area contributed by atoms with Crippen molar-refractivity contribution in [2.45, 2.75) is 12.5 Å². The van der Waals surface area contributed by atoms with E-state index < -0.39 is 6.10 Å². The molecule has 1 saturated heterocycles. The number of aromatic nitrogens is 3. The second-order valence-corrected chi connectivity index (χ2v) is 6.89. The molecular weight excluding hydrogens is 395 g/mol. The predicted molar refractivity (Wildman–Crippen MR) is 121 cm³/mol. The molecule has 1 unspecified atom stereocenters. The van der Waals surface area contributed by atoms with E-state index in [1.54, 1.807) is 19.3 Å². The number of aliphatic hydroxyl groups is 1. The lowest BCUT2D eigenvalue weighted by molar-refractivity contribution is -0.133. The first-order valence-electron chi connectivity index (χ1n) is 9.45. The van der Waals surface area contributed by atoms with Crippen LogP contribution in [0, 0.1) is 0 Å². The van der Waals surface area contributed by atoms with E-state index in [0.717, 1.165) is 16.9 Å². The summed E-state index contributed by atoms with van der Waals surface area (Å²) in [4.78, 5) is 24.7. The topological polar surface area (TPSA) is 161 Å². The number of nitrogens with two attached hydrogens (primary N) is 3. The molecule has 7 N–H and O–H groups in total. The number of nitrogen functional groups attached to an aromatic ring is 1. The van der Waals surface area contributed by atoms with Crippen LogP contribution in [0.5, 0.6) is 0 Å². The number of fused-ring (bicyclic) bond motifs is 1. The van der Waals surface area contributed by atoms with Gasteiger partial charge in [0.2, 0.25) is 0 Å². The number of carbonyl (C=O) groups excluding carboxylic acids is 1. The molecule has 2 aromatic heterocycles. The van der Waals surface area contributed by atoms with E-state index in [4.69, 9.17) is 30.3 Å². The SMILES string of the molecule is CN1CCC(O)C1=O.[B]c1nc(N)c2nc(-c3cccc(N(N)/C=C\N)c3)ccc2n1. The fraction of sp³-hybridized carbons (Fsp3) is 0.200. The molecule has 10 nitrogen and oxygen atoms in total. The third-order valence-corrected chi connectivity index (χ3v) is 4.67.